The van der Waals surface area contributed by atoms with Gasteiger partial charge < -0.3 is 5.73 Å². The minimum Gasteiger partial charge on any atom is -0.399 e. The zero-order valence-corrected chi connectivity index (χ0v) is 11.5. The highest BCUT2D eigenvalue weighted by molar-refractivity contribution is 7.91. The molecule has 17 heavy (non-hydrogen) atoms. The van der Waals surface area contributed by atoms with Gasteiger partial charge in [0.25, 0.3) is 0 Å². The van der Waals surface area contributed by atoms with Crippen LogP contribution in [0.3, 0.4) is 0 Å². The van der Waals surface area contributed by atoms with Gasteiger partial charge >= 0.3 is 0 Å². The lowest BCUT2D eigenvalue weighted by Gasteiger charge is -2.18. The maximum Gasteiger partial charge on any atom is 0.159 e. The molecule has 0 aliphatic carbocycles. The van der Waals surface area contributed by atoms with Gasteiger partial charge in [-0.3, -0.25) is 0 Å². The molecule has 92 valence electrons. The van der Waals surface area contributed by atoms with E-state index in [9.17, 15) is 8.42 Å². The van der Waals surface area contributed by atoms with Crippen molar-refractivity contribution in [1.82, 2.24) is 4.98 Å². The Morgan fingerprint density at radius 3 is 2.59 bits per heavy atom. The van der Waals surface area contributed by atoms with E-state index in [-0.39, 0.29) is 0 Å². The molecule has 1 heterocycles. The largest absolute Gasteiger partial charge is 0.399 e. The third-order valence-electron chi connectivity index (χ3n) is 2.85. The van der Waals surface area contributed by atoms with Crippen LogP contribution in [0.15, 0.2) is 18.2 Å². The number of anilines is 1. The highest BCUT2D eigenvalue weighted by Crippen LogP contribution is 2.35. The monoisotopic (exact) mass is 270 g/mol. The SMILES string of the molecule is CC(C)(c1nc2ccc(N)cc2s1)S(C)(=O)=O. The van der Waals surface area contributed by atoms with Crippen molar-refractivity contribution in [2.24, 2.45) is 0 Å². The summed E-state index contributed by atoms with van der Waals surface area (Å²) in [5.41, 5.74) is 7.13. The molecule has 2 aromatic rings. The number of benzene rings is 1. The van der Waals surface area contributed by atoms with Crippen molar-refractivity contribution in [1.29, 1.82) is 0 Å². The van der Waals surface area contributed by atoms with E-state index in [1.165, 1.54) is 17.6 Å². The number of nitrogens with zero attached hydrogens (tertiary/aromatic N) is 1. The standard InChI is InChI=1S/C11H14N2O2S2/c1-11(2,17(3,14)15)10-13-8-5-4-7(12)6-9(8)16-10/h4-6H,12H2,1-3H3. The van der Waals surface area contributed by atoms with Crippen LogP contribution in [-0.4, -0.2) is 19.7 Å². The van der Waals surface area contributed by atoms with Crippen molar-refractivity contribution in [3.63, 3.8) is 0 Å². The first-order valence-corrected chi connectivity index (χ1v) is 7.79. The number of thiazole rings is 1. The van der Waals surface area contributed by atoms with Crippen LogP contribution >= 0.6 is 11.3 Å². The average molecular weight is 270 g/mol. The fourth-order valence-electron chi connectivity index (χ4n) is 1.36. The van der Waals surface area contributed by atoms with Gasteiger partial charge in [0.05, 0.1) is 10.2 Å². The predicted molar refractivity (Wildman–Crippen MR) is 71.9 cm³/mol. The first kappa shape index (κ1) is 12.3. The smallest absolute Gasteiger partial charge is 0.159 e. The van der Waals surface area contributed by atoms with Crippen molar-refractivity contribution in [2.45, 2.75) is 18.6 Å². The number of nitrogen functional groups attached to an aromatic ring is 1. The highest BCUT2D eigenvalue weighted by Gasteiger charge is 2.35. The van der Waals surface area contributed by atoms with Crippen LogP contribution in [0, 0.1) is 0 Å². The van der Waals surface area contributed by atoms with Gasteiger partial charge in [0.2, 0.25) is 0 Å². The van der Waals surface area contributed by atoms with Crippen molar-refractivity contribution in [3.05, 3.63) is 23.2 Å². The number of hydrogen-bond acceptors (Lipinski definition) is 5. The van der Waals surface area contributed by atoms with Crippen LogP contribution in [0.1, 0.15) is 18.9 Å². The van der Waals surface area contributed by atoms with Gasteiger partial charge in [0, 0.05) is 11.9 Å². The molecule has 0 aliphatic heterocycles. The first-order chi connectivity index (χ1) is 7.72. The second-order valence-electron chi connectivity index (χ2n) is 4.53. The number of nitrogens with two attached hydrogens (primary N) is 1. The van der Waals surface area contributed by atoms with Gasteiger partial charge in [-0.2, -0.15) is 0 Å². The molecule has 0 amide bonds. The van der Waals surface area contributed by atoms with E-state index < -0.39 is 14.6 Å². The number of rotatable bonds is 2. The zero-order chi connectivity index (χ0) is 12.8. The van der Waals surface area contributed by atoms with Crippen LogP contribution in [0.4, 0.5) is 5.69 Å². The molecule has 0 spiro atoms. The molecule has 6 heteroatoms. The summed E-state index contributed by atoms with van der Waals surface area (Å²) in [5, 5.41) is 0.598. The van der Waals surface area contributed by atoms with Gasteiger partial charge in [-0.15, -0.1) is 11.3 Å². The Bertz CT molecular complexity index is 672. The van der Waals surface area contributed by atoms with Crippen molar-refractivity contribution < 1.29 is 8.42 Å². The fourth-order valence-corrected chi connectivity index (χ4v) is 3.31. The van der Waals surface area contributed by atoms with Gasteiger partial charge in [0.1, 0.15) is 9.75 Å². The van der Waals surface area contributed by atoms with Crippen LogP contribution < -0.4 is 5.73 Å². The molecule has 1 aromatic carbocycles. The summed E-state index contributed by atoms with van der Waals surface area (Å²) in [4.78, 5) is 4.38. The van der Waals surface area contributed by atoms with E-state index in [4.69, 9.17) is 5.73 Å². The maximum absolute atomic E-state index is 11.7. The lowest BCUT2D eigenvalue weighted by molar-refractivity contribution is 0.561. The van der Waals surface area contributed by atoms with Crippen molar-refractivity contribution in [2.75, 3.05) is 12.0 Å². The minimum absolute atomic E-state index is 0.598. The summed E-state index contributed by atoms with van der Waals surface area (Å²) >= 11 is 1.37. The summed E-state index contributed by atoms with van der Waals surface area (Å²) in [7, 11) is -3.20. The second-order valence-corrected chi connectivity index (χ2v) is 8.12. The molecule has 0 bridgehead atoms. The average Bonchev–Trinajstić information content (AvgIpc) is 2.58. The first-order valence-electron chi connectivity index (χ1n) is 5.08. The van der Waals surface area contributed by atoms with E-state index >= 15 is 0 Å². The molecular formula is C11H14N2O2S2. The Hall–Kier alpha value is -1.14. The molecular weight excluding hydrogens is 256 g/mol. The Morgan fingerprint density at radius 1 is 1.35 bits per heavy atom. The number of sulfone groups is 1. The molecule has 1 aromatic heterocycles. The molecule has 0 atom stereocenters. The molecule has 0 aliphatic rings. The van der Waals surface area contributed by atoms with Crippen LogP contribution in [0.25, 0.3) is 10.2 Å². The Labute approximate surface area is 104 Å². The van der Waals surface area contributed by atoms with Gasteiger partial charge in [-0.05, 0) is 32.0 Å². The summed E-state index contributed by atoms with van der Waals surface area (Å²) in [6.07, 6.45) is 1.23. The summed E-state index contributed by atoms with van der Waals surface area (Å²) in [5.74, 6) is 0. The van der Waals surface area contributed by atoms with E-state index in [2.05, 4.69) is 4.98 Å². The summed E-state index contributed by atoms with van der Waals surface area (Å²) in [6.45, 7) is 3.34. The number of aromatic nitrogens is 1. The quantitative estimate of drug-likeness (QED) is 0.849. The lowest BCUT2D eigenvalue weighted by Crippen LogP contribution is -2.27. The van der Waals surface area contributed by atoms with Crippen LogP contribution in [0.2, 0.25) is 0 Å². The second kappa shape index (κ2) is 3.68. The molecule has 0 saturated heterocycles. The predicted octanol–water partition coefficient (Wildman–Crippen LogP) is 2.16. The number of hydrogen-bond donors (Lipinski definition) is 1. The third kappa shape index (κ3) is 2.02. The highest BCUT2D eigenvalue weighted by atomic mass is 32.2. The topological polar surface area (TPSA) is 73.0 Å². The van der Waals surface area contributed by atoms with E-state index in [1.807, 2.05) is 12.1 Å². The maximum atomic E-state index is 11.7. The normalized spacial score (nSPS) is 13.1. The molecule has 2 rings (SSSR count). The summed E-state index contributed by atoms with van der Waals surface area (Å²) < 4.78 is 23.4. The Morgan fingerprint density at radius 2 is 2.00 bits per heavy atom. The van der Waals surface area contributed by atoms with Crippen LogP contribution in [-0.2, 0) is 14.6 Å². The Balaban J connectivity index is 2.65. The van der Waals surface area contributed by atoms with Gasteiger partial charge in [0.15, 0.2) is 9.84 Å². The molecule has 0 fully saturated rings. The molecule has 0 radical (unpaired) electrons. The third-order valence-corrected chi connectivity index (χ3v) is 6.37. The van der Waals surface area contributed by atoms with E-state index in [0.29, 0.717) is 10.7 Å². The molecule has 4 nitrogen and oxygen atoms in total. The summed E-state index contributed by atoms with van der Waals surface area (Å²) in [6, 6.07) is 5.39. The van der Waals surface area contributed by atoms with Crippen LogP contribution in [0.5, 0.6) is 0 Å². The van der Waals surface area contributed by atoms with E-state index in [0.717, 1.165) is 10.2 Å². The Kier molecular flexibility index (Phi) is 2.67. The molecule has 2 N–H and O–H groups in total. The van der Waals surface area contributed by atoms with Crippen molar-refractivity contribution >= 4 is 37.1 Å². The lowest BCUT2D eigenvalue weighted by atomic mass is 10.2. The number of fused-ring (bicyclic) bond motifs is 1. The minimum atomic E-state index is -3.20. The molecule has 0 unspecified atom stereocenters. The fraction of sp³-hybridized carbons (Fsp3) is 0.364. The molecule has 0 saturated carbocycles. The van der Waals surface area contributed by atoms with Gasteiger partial charge in [-0.25, -0.2) is 13.4 Å². The zero-order valence-electron chi connectivity index (χ0n) is 9.89. The van der Waals surface area contributed by atoms with E-state index in [1.54, 1.807) is 19.9 Å². The van der Waals surface area contributed by atoms with Crippen molar-refractivity contribution in [3.8, 4) is 0 Å². The van der Waals surface area contributed by atoms with Gasteiger partial charge in [-0.1, -0.05) is 0 Å².